The molecule has 0 amide bonds. The number of rotatable bonds is 6. The predicted molar refractivity (Wildman–Crippen MR) is 96.4 cm³/mol. The molecule has 2 atom stereocenters. The van der Waals surface area contributed by atoms with Gasteiger partial charge >= 0.3 is 0 Å². The monoisotopic (exact) mass is 348 g/mol. The SMILES string of the molecule is Cc1cnn(CCN[C@@H](c2ccc(Cl)cc2)[C@@H]2CN(C)CCO2)c1. The summed E-state index contributed by atoms with van der Waals surface area (Å²) in [7, 11) is 2.14. The minimum absolute atomic E-state index is 0.129. The van der Waals surface area contributed by atoms with Gasteiger partial charge in [-0.3, -0.25) is 4.68 Å². The fraction of sp³-hybridized carbons (Fsp3) is 0.500. The second kappa shape index (κ2) is 8.12. The number of halogens is 1. The van der Waals surface area contributed by atoms with Crippen LogP contribution in [0.15, 0.2) is 36.7 Å². The second-order valence-corrected chi connectivity index (χ2v) is 6.87. The highest BCUT2D eigenvalue weighted by Crippen LogP contribution is 2.23. The molecule has 3 rings (SSSR count). The van der Waals surface area contributed by atoms with Crippen molar-refractivity contribution in [2.75, 3.05) is 33.3 Å². The summed E-state index contributed by atoms with van der Waals surface area (Å²) in [6.07, 6.45) is 4.07. The Balaban J connectivity index is 1.67. The lowest BCUT2D eigenvalue weighted by Gasteiger charge is -2.36. The molecule has 0 bridgehead atoms. The molecule has 2 aromatic rings. The van der Waals surface area contributed by atoms with Crippen LogP contribution in [0.5, 0.6) is 0 Å². The lowest BCUT2D eigenvalue weighted by Crippen LogP contribution is -2.47. The Labute approximate surface area is 148 Å². The van der Waals surface area contributed by atoms with E-state index in [1.54, 1.807) is 0 Å². The average molecular weight is 349 g/mol. The summed E-state index contributed by atoms with van der Waals surface area (Å²) in [5.74, 6) is 0. The van der Waals surface area contributed by atoms with E-state index in [9.17, 15) is 0 Å². The minimum atomic E-state index is 0.129. The lowest BCUT2D eigenvalue weighted by atomic mass is 10.00. The molecule has 0 unspecified atom stereocenters. The normalized spacial score (nSPS) is 20.2. The van der Waals surface area contributed by atoms with Crippen LogP contribution in [-0.4, -0.2) is 54.1 Å². The fourth-order valence-electron chi connectivity index (χ4n) is 3.07. The number of hydrogen-bond acceptors (Lipinski definition) is 4. The van der Waals surface area contributed by atoms with Crippen LogP contribution in [0, 0.1) is 6.92 Å². The van der Waals surface area contributed by atoms with Gasteiger partial charge in [-0.05, 0) is 37.2 Å². The number of benzene rings is 1. The number of nitrogens with zero attached hydrogens (tertiary/aromatic N) is 3. The molecule has 1 aromatic heterocycles. The maximum absolute atomic E-state index is 6.04. The summed E-state index contributed by atoms with van der Waals surface area (Å²) in [4.78, 5) is 2.32. The largest absolute Gasteiger partial charge is 0.374 e. The van der Waals surface area contributed by atoms with E-state index >= 15 is 0 Å². The van der Waals surface area contributed by atoms with Gasteiger partial charge < -0.3 is 15.0 Å². The van der Waals surface area contributed by atoms with Gasteiger partial charge in [-0.2, -0.15) is 5.10 Å². The highest BCUT2D eigenvalue weighted by molar-refractivity contribution is 6.30. The first-order chi connectivity index (χ1) is 11.6. The van der Waals surface area contributed by atoms with Crippen molar-refractivity contribution >= 4 is 11.6 Å². The van der Waals surface area contributed by atoms with Gasteiger partial charge in [-0.15, -0.1) is 0 Å². The quantitative estimate of drug-likeness (QED) is 0.871. The summed E-state index contributed by atoms with van der Waals surface area (Å²) in [6.45, 7) is 6.39. The lowest BCUT2D eigenvalue weighted by molar-refractivity contribution is -0.0394. The highest BCUT2D eigenvalue weighted by atomic mass is 35.5. The number of nitrogens with one attached hydrogen (secondary N) is 1. The van der Waals surface area contributed by atoms with Crippen molar-refractivity contribution in [2.24, 2.45) is 0 Å². The van der Waals surface area contributed by atoms with Crippen molar-refractivity contribution in [3.8, 4) is 0 Å². The van der Waals surface area contributed by atoms with Crippen LogP contribution < -0.4 is 5.32 Å². The van der Waals surface area contributed by atoms with Crippen molar-refractivity contribution < 1.29 is 4.74 Å². The minimum Gasteiger partial charge on any atom is -0.374 e. The summed E-state index contributed by atoms with van der Waals surface area (Å²) >= 11 is 6.04. The van der Waals surface area contributed by atoms with E-state index < -0.39 is 0 Å². The Morgan fingerprint density at radius 1 is 1.38 bits per heavy atom. The Morgan fingerprint density at radius 2 is 2.17 bits per heavy atom. The van der Waals surface area contributed by atoms with Crippen LogP contribution in [0.2, 0.25) is 5.02 Å². The number of morpholine rings is 1. The maximum Gasteiger partial charge on any atom is 0.0896 e. The third kappa shape index (κ3) is 4.57. The number of ether oxygens (including phenoxy) is 1. The summed E-state index contributed by atoms with van der Waals surface area (Å²) < 4.78 is 8.01. The molecule has 0 spiro atoms. The van der Waals surface area contributed by atoms with Crippen molar-refractivity contribution in [1.82, 2.24) is 20.0 Å². The van der Waals surface area contributed by atoms with Gasteiger partial charge in [0.25, 0.3) is 0 Å². The first kappa shape index (κ1) is 17.4. The molecule has 0 saturated carbocycles. The topological polar surface area (TPSA) is 42.3 Å². The summed E-state index contributed by atoms with van der Waals surface area (Å²) in [5.41, 5.74) is 2.39. The van der Waals surface area contributed by atoms with E-state index in [4.69, 9.17) is 16.3 Å². The molecule has 0 aliphatic carbocycles. The molecule has 1 aliphatic heterocycles. The van der Waals surface area contributed by atoms with E-state index in [0.29, 0.717) is 0 Å². The van der Waals surface area contributed by atoms with E-state index in [1.165, 1.54) is 11.1 Å². The van der Waals surface area contributed by atoms with Crippen LogP contribution in [0.4, 0.5) is 0 Å². The maximum atomic E-state index is 6.04. The van der Waals surface area contributed by atoms with E-state index in [2.05, 4.69) is 47.6 Å². The zero-order chi connectivity index (χ0) is 16.9. The molecule has 130 valence electrons. The zero-order valence-corrected chi connectivity index (χ0v) is 15.0. The zero-order valence-electron chi connectivity index (χ0n) is 14.3. The number of hydrogen-bond donors (Lipinski definition) is 1. The smallest absolute Gasteiger partial charge is 0.0896 e. The van der Waals surface area contributed by atoms with Crippen LogP contribution in [0.3, 0.4) is 0 Å². The van der Waals surface area contributed by atoms with Crippen molar-refractivity contribution in [3.63, 3.8) is 0 Å². The van der Waals surface area contributed by atoms with Crippen molar-refractivity contribution in [3.05, 3.63) is 52.8 Å². The predicted octanol–water partition coefficient (Wildman–Crippen LogP) is 2.51. The number of aromatic nitrogens is 2. The molecule has 0 radical (unpaired) electrons. The average Bonchev–Trinajstić information content (AvgIpc) is 2.98. The molecule has 2 heterocycles. The molecule has 1 aromatic carbocycles. The molecular weight excluding hydrogens is 324 g/mol. The number of likely N-dealkylation sites (N-methyl/N-ethyl adjacent to an activating group) is 1. The van der Waals surface area contributed by atoms with Gasteiger partial charge in [0.2, 0.25) is 0 Å². The van der Waals surface area contributed by atoms with E-state index in [1.807, 2.05) is 23.0 Å². The Bertz CT molecular complexity index is 643. The molecule has 1 aliphatic rings. The van der Waals surface area contributed by atoms with Gasteiger partial charge in [-0.1, -0.05) is 23.7 Å². The Morgan fingerprint density at radius 3 is 2.83 bits per heavy atom. The van der Waals surface area contributed by atoms with E-state index in [-0.39, 0.29) is 12.1 Å². The van der Waals surface area contributed by atoms with Gasteiger partial charge in [0.15, 0.2) is 0 Å². The Kier molecular flexibility index (Phi) is 5.89. The van der Waals surface area contributed by atoms with Gasteiger partial charge in [0.05, 0.1) is 31.5 Å². The molecule has 1 fully saturated rings. The molecule has 6 heteroatoms. The van der Waals surface area contributed by atoms with Gasteiger partial charge in [0.1, 0.15) is 0 Å². The molecule has 5 nitrogen and oxygen atoms in total. The molecule has 1 N–H and O–H groups in total. The first-order valence-corrected chi connectivity index (χ1v) is 8.77. The van der Waals surface area contributed by atoms with Crippen LogP contribution in [0.1, 0.15) is 17.2 Å². The van der Waals surface area contributed by atoms with Crippen LogP contribution >= 0.6 is 11.6 Å². The summed E-state index contributed by atoms with van der Waals surface area (Å²) in [6, 6.07) is 8.18. The second-order valence-electron chi connectivity index (χ2n) is 6.44. The fourth-order valence-corrected chi connectivity index (χ4v) is 3.20. The highest BCUT2D eigenvalue weighted by Gasteiger charge is 2.27. The Hall–Kier alpha value is -1.40. The van der Waals surface area contributed by atoms with E-state index in [0.717, 1.165) is 37.8 Å². The molecular formula is C18H25ClN4O. The van der Waals surface area contributed by atoms with Crippen LogP contribution in [0.25, 0.3) is 0 Å². The third-order valence-corrected chi connectivity index (χ3v) is 4.62. The molecule has 1 saturated heterocycles. The van der Waals surface area contributed by atoms with Gasteiger partial charge in [-0.25, -0.2) is 0 Å². The summed E-state index contributed by atoms with van der Waals surface area (Å²) in [5, 5.41) is 8.74. The van der Waals surface area contributed by atoms with Crippen LogP contribution in [-0.2, 0) is 11.3 Å². The molecule has 24 heavy (non-hydrogen) atoms. The number of aryl methyl sites for hydroxylation is 1. The van der Waals surface area contributed by atoms with Gasteiger partial charge in [0, 0.05) is 30.9 Å². The standard InChI is InChI=1S/C18H25ClN4O/c1-14-11-21-23(12-14)8-7-20-18(15-3-5-16(19)6-4-15)17-13-22(2)9-10-24-17/h3-6,11-12,17-18,20H,7-10,13H2,1-2H3/t17-,18-/m0/s1. The van der Waals surface area contributed by atoms with Crippen molar-refractivity contribution in [1.29, 1.82) is 0 Å². The van der Waals surface area contributed by atoms with Crippen molar-refractivity contribution in [2.45, 2.75) is 25.6 Å². The third-order valence-electron chi connectivity index (χ3n) is 4.36. The first-order valence-electron chi connectivity index (χ1n) is 8.40.